The van der Waals surface area contributed by atoms with Gasteiger partial charge in [0.1, 0.15) is 11.8 Å². The number of rotatable bonds is 1. The Hall–Kier alpha value is -2.15. The number of hydrogen-bond donors (Lipinski definition) is 0. The molecule has 0 saturated heterocycles. The van der Waals surface area contributed by atoms with E-state index in [2.05, 4.69) is 5.10 Å². The van der Waals surface area contributed by atoms with Crippen molar-refractivity contribution in [1.82, 2.24) is 9.61 Å². The quantitative estimate of drug-likeness (QED) is 0.602. The first-order chi connectivity index (χ1) is 6.35. The van der Waals surface area contributed by atoms with E-state index in [1.54, 1.807) is 18.2 Å². The van der Waals surface area contributed by atoms with Crippen LogP contribution in [0.15, 0.2) is 24.4 Å². The standard InChI is InChI=1S/C9H5N3O/c10-4-7-3-8-1-2-9(6-13)12(8)11-5-7/h1-3,5-6H. The Bertz CT molecular complexity index is 507. The monoisotopic (exact) mass is 171 g/mol. The van der Waals surface area contributed by atoms with E-state index in [0.29, 0.717) is 11.3 Å². The molecule has 0 atom stereocenters. The van der Waals surface area contributed by atoms with Gasteiger partial charge in [-0.3, -0.25) is 4.79 Å². The molecule has 0 saturated carbocycles. The number of carbonyl (C=O) groups excluding carboxylic acids is 1. The predicted molar refractivity (Wildman–Crippen MR) is 45.3 cm³/mol. The minimum Gasteiger partial charge on any atom is -0.296 e. The molecule has 0 amide bonds. The lowest BCUT2D eigenvalue weighted by Gasteiger charge is -1.94. The first kappa shape index (κ1) is 7.50. The fourth-order valence-corrected chi connectivity index (χ4v) is 1.17. The second kappa shape index (κ2) is 2.72. The van der Waals surface area contributed by atoms with Gasteiger partial charge < -0.3 is 0 Å². The molecule has 2 aromatic rings. The van der Waals surface area contributed by atoms with Crippen LogP contribution < -0.4 is 0 Å². The molecule has 0 aliphatic carbocycles. The number of hydrogen-bond acceptors (Lipinski definition) is 3. The summed E-state index contributed by atoms with van der Waals surface area (Å²) in [6.07, 6.45) is 2.16. The molecule has 0 N–H and O–H groups in total. The molecule has 2 aromatic heterocycles. The zero-order valence-corrected chi connectivity index (χ0v) is 6.64. The van der Waals surface area contributed by atoms with E-state index in [-0.39, 0.29) is 0 Å². The molecular weight excluding hydrogens is 166 g/mol. The SMILES string of the molecule is N#Cc1cnn2c(C=O)ccc2c1. The highest BCUT2D eigenvalue weighted by Crippen LogP contribution is 2.08. The summed E-state index contributed by atoms with van der Waals surface area (Å²) in [5, 5.41) is 12.5. The third-order valence-corrected chi connectivity index (χ3v) is 1.78. The minimum absolute atomic E-state index is 0.486. The molecule has 4 nitrogen and oxygen atoms in total. The molecule has 13 heavy (non-hydrogen) atoms. The average molecular weight is 171 g/mol. The maximum absolute atomic E-state index is 10.5. The van der Waals surface area contributed by atoms with Gasteiger partial charge in [-0.1, -0.05) is 0 Å². The normalized spacial score (nSPS) is 9.77. The van der Waals surface area contributed by atoms with Gasteiger partial charge in [0.15, 0.2) is 6.29 Å². The van der Waals surface area contributed by atoms with E-state index < -0.39 is 0 Å². The van der Waals surface area contributed by atoms with Crippen molar-refractivity contribution >= 4 is 11.8 Å². The lowest BCUT2D eigenvalue weighted by Crippen LogP contribution is -1.95. The minimum atomic E-state index is 0.486. The summed E-state index contributed by atoms with van der Waals surface area (Å²) in [6.45, 7) is 0. The molecule has 0 spiro atoms. The average Bonchev–Trinajstić information content (AvgIpc) is 2.59. The highest BCUT2D eigenvalue weighted by molar-refractivity contribution is 5.75. The van der Waals surface area contributed by atoms with E-state index in [1.807, 2.05) is 6.07 Å². The van der Waals surface area contributed by atoms with Crippen LogP contribution in [0.5, 0.6) is 0 Å². The van der Waals surface area contributed by atoms with Crippen molar-refractivity contribution < 1.29 is 4.79 Å². The lowest BCUT2D eigenvalue weighted by molar-refractivity contribution is 0.111. The third kappa shape index (κ3) is 1.07. The molecule has 0 fully saturated rings. The first-order valence-corrected chi connectivity index (χ1v) is 3.68. The van der Waals surface area contributed by atoms with Gasteiger partial charge in [0.25, 0.3) is 0 Å². The van der Waals surface area contributed by atoms with Crippen LogP contribution in [-0.4, -0.2) is 15.9 Å². The number of nitriles is 1. The van der Waals surface area contributed by atoms with Gasteiger partial charge in [0.2, 0.25) is 0 Å². The van der Waals surface area contributed by atoms with Crippen LogP contribution in [0.4, 0.5) is 0 Å². The van der Waals surface area contributed by atoms with Crippen molar-refractivity contribution in [3.05, 3.63) is 35.7 Å². The Morgan fingerprint density at radius 1 is 1.54 bits per heavy atom. The zero-order valence-electron chi connectivity index (χ0n) is 6.64. The molecule has 4 heteroatoms. The van der Waals surface area contributed by atoms with Crippen molar-refractivity contribution in [3.8, 4) is 6.07 Å². The Kier molecular flexibility index (Phi) is 1.57. The number of nitrogens with zero attached hydrogens (tertiary/aromatic N) is 3. The molecule has 2 heterocycles. The van der Waals surface area contributed by atoms with Gasteiger partial charge in [0, 0.05) is 0 Å². The van der Waals surface area contributed by atoms with Crippen molar-refractivity contribution in [3.63, 3.8) is 0 Å². The first-order valence-electron chi connectivity index (χ1n) is 3.68. The molecule has 0 aromatic carbocycles. The summed E-state index contributed by atoms with van der Waals surface area (Å²) >= 11 is 0. The molecule has 0 aliphatic heterocycles. The zero-order chi connectivity index (χ0) is 9.26. The van der Waals surface area contributed by atoms with Crippen LogP contribution in [0.2, 0.25) is 0 Å². The van der Waals surface area contributed by atoms with E-state index in [9.17, 15) is 4.79 Å². The van der Waals surface area contributed by atoms with Crippen LogP contribution in [0.25, 0.3) is 5.52 Å². The van der Waals surface area contributed by atoms with E-state index in [4.69, 9.17) is 5.26 Å². The molecule has 2 rings (SSSR count). The molecule has 62 valence electrons. The highest BCUT2D eigenvalue weighted by atomic mass is 16.1. The third-order valence-electron chi connectivity index (χ3n) is 1.78. The Morgan fingerprint density at radius 3 is 3.08 bits per heavy atom. The van der Waals surface area contributed by atoms with Crippen molar-refractivity contribution in [2.75, 3.05) is 0 Å². The number of aldehydes is 1. The highest BCUT2D eigenvalue weighted by Gasteiger charge is 2.01. The Balaban J connectivity index is 2.76. The lowest BCUT2D eigenvalue weighted by atomic mass is 10.3. The number of fused-ring (bicyclic) bond motifs is 1. The maximum atomic E-state index is 10.5. The van der Waals surface area contributed by atoms with Crippen LogP contribution in [-0.2, 0) is 0 Å². The maximum Gasteiger partial charge on any atom is 0.168 e. The Labute approximate surface area is 74.0 Å². The molecule has 0 aliphatic rings. The van der Waals surface area contributed by atoms with E-state index >= 15 is 0 Å². The number of aromatic nitrogens is 2. The van der Waals surface area contributed by atoms with Crippen molar-refractivity contribution in [2.45, 2.75) is 0 Å². The van der Waals surface area contributed by atoms with E-state index in [0.717, 1.165) is 11.8 Å². The van der Waals surface area contributed by atoms with Gasteiger partial charge in [0.05, 0.1) is 17.3 Å². The van der Waals surface area contributed by atoms with Gasteiger partial charge in [-0.25, -0.2) is 4.52 Å². The van der Waals surface area contributed by atoms with Crippen LogP contribution in [0.1, 0.15) is 16.1 Å². The topological polar surface area (TPSA) is 58.2 Å². The summed E-state index contributed by atoms with van der Waals surface area (Å²) in [4.78, 5) is 10.5. The smallest absolute Gasteiger partial charge is 0.168 e. The molecule has 0 radical (unpaired) electrons. The van der Waals surface area contributed by atoms with E-state index in [1.165, 1.54) is 10.7 Å². The second-order valence-corrected chi connectivity index (χ2v) is 2.57. The fraction of sp³-hybridized carbons (Fsp3) is 0. The van der Waals surface area contributed by atoms with Gasteiger partial charge >= 0.3 is 0 Å². The van der Waals surface area contributed by atoms with Gasteiger partial charge in [-0.05, 0) is 18.2 Å². The summed E-state index contributed by atoms with van der Waals surface area (Å²) in [5.41, 5.74) is 1.73. The summed E-state index contributed by atoms with van der Waals surface area (Å²) in [6, 6.07) is 7.07. The van der Waals surface area contributed by atoms with Crippen LogP contribution in [0, 0.1) is 11.3 Å². The van der Waals surface area contributed by atoms with Crippen molar-refractivity contribution in [2.24, 2.45) is 0 Å². The summed E-state index contributed by atoms with van der Waals surface area (Å²) in [7, 11) is 0. The summed E-state index contributed by atoms with van der Waals surface area (Å²) < 4.78 is 1.49. The molecule has 0 unspecified atom stereocenters. The molecule has 0 bridgehead atoms. The predicted octanol–water partition coefficient (Wildman–Crippen LogP) is 1.02. The summed E-state index contributed by atoms with van der Waals surface area (Å²) in [5.74, 6) is 0. The van der Waals surface area contributed by atoms with Gasteiger partial charge in [-0.2, -0.15) is 10.4 Å². The largest absolute Gasteiger partial charge is 0.296 e. The molecular formula is C9H5N3O. The van der Waals surface area contributed by atoms with Crippen LogP contribution >= 0.6 is 0 Å². The Morgan fingerprint density at radius 2 is 2.38 bits per heavy atom. The van der Waals surface area contributed by atoms with Gasteiger partial charge in [-0.15, -0.1) is 0 Å². The number of carbonyl (C=O) groups is 1. The second-order valence-electron chi connectivity index (χ2n) is 2.57. The van der Waals surface area contributed by atoms with Crippen molar-refractivity contribution in [1.29, 1.82) is 5.26 Å². The fourth-order valence-electron chi connectivity index (χ4n) is 1.17. The van der Waals surface area contributed by atoms with Crippen LogP contribution in [0.3, 0.4) is 0 Å².